The lowest BCUT2D eigenvalue weighted by Crippen LogP contribution is -2.73. The molecule has 0 radical (unpaired) electrons. The van der Waals surface area contributed by atoms with E-state index in [1.54, 1.807) is 41.3 Å². The number of hydrogen-bond acceptors (Lipinski definition) is 8. The van der Waals surface area contributed by atoms with Gasteiger partial charge in [-0.1, -0.05) is 28.1 Å². The maximum absolute atomic E-state index is 13.3. The highest BCUT2D eigenvalue weighted by Gasteiger charge is 2.56. The number of urea groups is 1. The lowest BCUT2D eigenvalue weighted by Gasteiger charge is -2.46. The number of hydrogen-bond donors (Lipinski definition) is 4. The third-order valence-corrected chi connectivity index (χ3v) is 7.35. The molecule has 2 heterocycles. The van der Waals surface area contributed by atoms with Crippen LogP contribution in [0.5, 0.6) is 11.5 Å². The van der Waals surface area contributed by atoms with E-state index in [1.165, 1.54) is 0 Å². The smallest absolute Gasteiger partial charge is 0.328 e. The van der Waals surface area contributed by atoms with Crippen molar-refractivity contribution in [2.45, 2.75) is 24.8 Å². The maximum atomic E-state index is 13.3. The fourth-order valence-corrected chi connectivity index (χ4v) is 5.07. The monoisotopic (exact) mass is 615 g/mol. The van der Waals surface area contributed by atoms with Crippen LogP contribution in [0.15, 0.2) is 53.0 Å². The number of halogens is 1. The Morgan fingerprint density at radius 3 is 2.05 bits per heavy atom. The summed E-state index contributed by atoms with van der Waals surface area (Å²) in [5.41, 5.74) is -1.34. The van der Waals surface area contributed by atoms with Gasteiger partial charge in [0.1, 0.15) is 11.5 Å². The van der Waals surface area contributed by atoms with Crippen molar-refractivity contribution in [2.75, 3.05) is 39.3 Å². The normalized spacial score (nSPS) is 17.6. The zero-order valence-corrected chi connectivity index (χ0v) is 23.2. The fourth-order valence-electron chi connectivity index (χ4n) is 4.81. The third-order valence-electron chi connectivity index (χ3n) is 6.82. The summed E-state index contributed by atoms with van der Waals surface area (Å²) in [7, 11) is 0. The number of carboxylic acid groups (broad SMARTS) is 1. The summed E-state index contributed by atoms with van der Waals surface area (Å²) >= 11 is 3.38. The van der Waals surface area contributed by atoms with Crippen molar-refractivity contribution in [1.82, 2.24) is 25.8 Å². The minimum Gasteiger partial charge on any atom is -0.481 e. The van der Waals surface area contributed by atoms with Gasteiger partial charge in [0.2, 0.25) is 11.4 Å². The summed E-state index contributed by atoms with van der Waals surface area (Å²) in [6.07, 6.45) is 0.384. The molecule has 2 fully saturated rings. The van der Waals surface area contributed by atoms with Crippen molar-refractivity contribution in [2.24, 2.45) is 0 Å². The number of barbiturate groups is 1. The number of ether oxygens (including phenoxy) is 1. The van der Waals surface area contributed by atoms with Crippen molar-refractivity contribution in [3.63, 3.8) is 0 Å². The van der Waals surface area contributed by atoms with Gasteiger partial charge < -0.3 is 15.2 Å². The van der Waals surface area contributed by atoms with E-state index in [4.69, 9.17) is 9.84 Å². The second-order valence-corrected chi connectivity index (χ2v) is 10.4. The lowest BCUT2D eigenvalue weighted by molar-refractivity contribution is -0.150. The molecule has 0 aromatic heterocycles. The van der Waals surface area contributed by atoms with E-state index in [1.807, 2.05) is 12.1 Å². The minimum atomic E-state index is -1.74. The highest BCUT2D eigenvalue weighted by Crippen LogP contribution is 2.34. The summed E-state index contributed by atoms with van der Waals surface area (Å²) in [5.74, 6) is -1.43. The van der Waals surface area contributed by atoms with Crippen LogP contribution in [-0.2, 0) is 24.7 Å². The van der Waals surface area contributed by atoms with Crippen LogP contribution in [0.3, 0.4) is 0 Å². The SMILES string of the molecule is O=C(O)CCCC(=O)NCCN1CCN(C2(c3ccc(Oc4ccc(Br)cc4)cc3)C(=O)NC(=O)NC2=O)CC1. The molecule has 0 bridgehead atoms. The first kappa shape index (κ1) is 29.2. The summed E-state index contributed by atoms with van der Waals surface area (Å²) in [4.78, 5) is 64.9. The molecule has 2 aliphatic rings. The van der Waals surface area contributed by atoms with Crippen LogP contribution in [0.25, 0.3) is 0 Å². The Kier molecular flexibility index (Phi) is 9.50. The summed E-state index contributed by atoms with van der Waals surface area (Å²) in [6.45, 7) is 2.72. The van der Waals surface area contributed by atoms with E-state index in [2.05, 4.69) is 36.8 Å². The van der Waals surface area contributed by atoms with Crippen LogP contribution in [-0.4, -0.2) is 83.9 Å². The Balaban J connectivity index is 1.41. The average molecular weight is 616 g/mol. The Labute approximate surface area is 239 Å². The summed E-state index contributed by atoms with van der Waals surface area (Å²) < 4.78 is 6.79. The van der Waals surface area contributed by atoms with E-state index in [9.17, 15) is 24.0 Å². The maximum Gasteiger partial charge on any atom is 0.328 e. The second kappa shape index (κ2) is 13.0. The second-order valence-electron chi connectivity index (χ2n) is 9.45. The molecule has 40 heavy (non-hydrogen) atoms. The van der Waals surface area contributed by atoms with Gasteiger partial charge in [-0.05, 0) is 48.4 Å². The van der Waals surface area contributed by atoms with Crippen molar-refractivity contribution >= 4 is 45.7 Å². The van der Waals surface area contributed by atoms with Crippen LogP contribution in [0.1, 0.15) is 24.8 Å². The van der Waals surface area contributed by atoms with Gasteiger partial charge >= 0.3 is 12.0 Å². The average Bonchev–Trinajstić information content (AvgIpc) is 2.91. The number of nitrogens with one attached hydrogen (secondary N) is 3. The Bertz CT molecular complexity index is 1240. The number of rotatable bonds is 11. The van der Waals surface area contributed by atoms with Gasteiger partial charge in [0.05, 0.1) is 0 Å². The number of carbonyl (C=O) groups excluding carboxylic acids is 4. The number of amides is 5. The molecule has 13 heteroatoms. The zero-order chi connectivity index (χ0) is 28.7. The molecule has 0 unspecified atom stereocenters. The van der Waals surface area contributed by atoms with Crippen LogP contribution < -0.4 is 20.7 Å². The first-order valence-corrected chi connectivity index (χ1v) is 13.6. The van der Waals surface area contributed by atoms with Crippen molar-refractivity contribution in [1.29, 1.82) is 0 Å². The molecule has 12 nitrogen and oxygen atoms in total. The number of nitrogens with zero attached hydrogens (tertiary/aromatic N) is 2. The molecule has 212 valence electrons. The van der Waals surface area contributed by atoms with E-state index >= 15 is 0 Å². The van der Waals surface area contributed by atoms with Crippen molar-refractivity contribution in [3.05, 3.63) is 58.6 Å². The Morgan fingerprint density at radius 1 is 0.900 bits per heavy atom. The van der Waals surface area contributed by atoms with Crippen molar-refractivity contribution in [3.8, 4) is 11.5 Å². The molecule has 2 aromatic carbocycles. The quantitative estimate of drug-likeness (QED) is 0.277. The molecule has 2 saturated heterocycles. The molecular weight excluding hydrogens is 586 g/mol. The molecule has 2 aliphatic heterocycles. The number of benzene rings is 2. The molecule has 4 rings (SSSR count). The molecule has 4 N–H and O–H groups in total. The number of carbonyl (C=O) groups is 5. The van der Waals surface area contributed by atoms with Crippen LogP contribution >= 0.6 is 15.9 Å². The topological polar surface area (TPSA) is 157 Å². The number of imide groups is 2. The minimum absolute atomic E-state index is 0.0508. The van der Waals surface area contributed by atoms with Crippen molar-refractivity contribution < 1.29 is 33.8 Å². The molecule has 2 aromatic rings. The predicted octanol–water partition coefficient (Wildman–Crippen LogP) is 1.79. The van der Waals surface area contributed by atoms with Gasteiger partial charge in [0.15, 0.2) is 0 Å². The highest BCUT2D eigenvalue weighted by molar-refractivity contribution is 9.10. The molecule has 0 saturated carbocycles. The van der Waals surface area contributed by atoms with Gasteiger partial charge in [-0.3, -0.25) is 39.6 Å². The molecular formula is C27H30BrN5O7. The lowest BCUT2D eigenvalue weighted by atomic mass is 9.84. The number of piperazine rings is 1. The van der Waals surface area contributed by atoms with E-state index in [0.717, 1.165) is 4.47 Å². The Morgan fingerprint density at radius 2 is 1.48 bits per heavy atom. The first-order valence-electron chi connectivity index (χ1n) is 12.8. The number of carboxylic acids is 1. The molecule has 5 amide bonds. The van der Waals surface area contributed by atoms with Crippen LogP contribution in [0.4, 0.5) is 4.79 Å². The summed E-state index contributed by atoms with van der Waals surface area (Å²) in [6, 6.07) is 13.1. The summed E-state index contributed by atoms with van der Waals surface area (Å²) in [5, 5.41) is 16.0. The zero-order valence-electron chi connectivity index (χ0n) is 21.7. The van der Waals surface area contributed by atoms with Gasteiger partial charge in [-0.25, -0.2) is 4.79 Å². The van der Waals surface area contributed by atoms with Gasteiger partial charge in [-0.2, -0.15) is 0 Å². The van der Waals surface area contributed by atoms with E-state index in [-0.39, 0.29) is 25.2 Å². The predicted molar refractivity (Wildman–Crippen MR) is 147 cm³/mol. The van der Waals surface area contributed by atoms with Gasteiger partial charge in [-0.15, -0.1) is 0 Å². The van der Waals surface area contributed by atoms with E-state index in [0.29, 0.717) is 56.3 Å². The van der Waals surface area contributed by atoms with Gasteiger partial charge in [0.25, 0.3) is 11.8 Å². The first-order chi connectivity index (χ1) is 19.2. The van der Waals surface area contributed by atoms with Gasteiger partial charge in [0, 0.05) is 56.6 Å². The fraction of sp³-hybridized carbons (Fsp3) is 0.370. The largest absolute Gasteiger partial charge is 0.481 e. The third kappa shape index (κ3) is 6.84. The molecule has 0 atom stereocenters. The molecule has 0 spiro atoms. The highest BCUT2D eigenvalue weighted by atomic mass is 79.9. The number of aliphatic carboxylic acids is 1. The van der Waals surface area contributed by atoms with Crippen LogP contribution in [0.2, 0.25) is 0 Å². The van der Waals surface area contributed by atoms with E-state index < -0.39 is 29.4 Å². The molecule has 0 aliphatic carbocycles. The standard InChI is InChI=1S/C27H30BrN5O7/c28-19-6-10-21(11-7-19)40-20-8-4-18(5-9-20)27(24(37)30-26(39)31-25(27)38)33-16-14-32(15-17-33)13-12-29-22(34)2-1-3-23(35)36/h4-11H,1-3,12-17H2,(H,29,34)(H,35,36)(H2,30,31,37,38,39). The van der Waals surface area contributed by atoms with Crippen LogP contribution in [0, 0.1) is 0 Å². The Hall–Kier alpha value is -3.81.